The molecule has 1 heterocycles. The van der Waals surface area contributed by atoms with Gasteiger partial charge < -0.3 is 5.73 Å². The number of nitrogens with zero attached hydrogens (tertiary/aromatic N) is 2. The molecule has 0 aliphatic carbocycles. The van der Waals surface area contributed by atoms with Crippen LogP contribution >= 0.6 is 0 Å². The van der Waals surface area contributed by atoms with Gasteiger partial charge in [0.2, 0.25) is 0 Å². The number of aromatic nitrogens is 2. The maximum Gasteiger partial charge on any atom is 0.459 e. The van der Waals surface area contributed by atoms with Crippen molar-refractivity contribution < 1.29 is 39.9 Å². The Labute approximate surface area is 111 Å². The van der Waals surface area contributed by atoms with Gasteiger partial charge in [-0.2, -0.15) is 40.2 Å². The van der Waals surface area contributed by atoms with Gasteiger partial charge in [-0.25, -0.2) is 0 Å². The number of carbonyl (C=O) groups is 1. The summed E-state index contributed by atoms with van der Waals surface area (Å²) in [5.41, 5.74) is -2.01. The first kappa shape index (κ1) is 17.2. The zero-order chi connectivity index (χ0) is 16.8. The lowest BCUT2D eigenvalue weighted by Crippen LogP contribution is -2.36. The van der Waals surface area contributed by atoms with Crippen LogP contribution in [0.2, 0.25) is 0 Å². The van der Waals surface area contributed by atoms with E-state index in [0.29, 0.717) is 0 Å². The topological polar surface area (TPSA) is 60.9 Å². The summed E-state index contributed by atoms with van der Waals surface area (Å²) in [7, 11) is 0. The summed E-state index contributed by atoms with van der Waals surface area (Å²) < 4.78 is 102. The third kappa shape index (κ3) is 2.78. The zero-order valence-corrected chi connectivity index (χ0v) is 10.1. The van der Waals surface area contributed by atoms with Crippen molar-refractivity contribution in [3.05, 3.63) is 17.0 Å². The van der Waals surface area contributed by atoms with E-state index in [0.717, 1.165) is 6.92 Å². The van der Waals surface area contributed by atoms with Crippen molar-refractivity contribution in [3.63, 3.8) is 0 Å². The van der Waals surface area contributed by atoms with E-state index in [2.05, 4.69) is 10.8 Å². The van der Waals surface area contributed by atoms with Crippen LogP contribution in [0, 0.1) is 0 Å². The molecule has 1 aromatic rings. The number of carbonyl (C=O) groups excluding carboxylic acids is 1. The molecular formula is C9H7F8N3O. The molecule has 0 saturated heterocycles. The van der Waals surface area contributed by atoms with Gasteiger partial charge in [0.05, 0.1) is 0 Å². The van der Waals surface area contributed by atoms with Crippen LogP contribution in [0.1, 0.15) is 28.7 Å². The summed E-state index contributed by atoms with van der Waals surface area (Å²) >= 11 is 0. The second-order valence-electron chi connectivity index (χ2n) is 3.82. The van der Waals surface area contributed by atoms with Crippen molar-refractivity contribution in [1.29, 1.82) is 0 Å². The first-order valence-corrected chi connectivity index (χ1v) is 5.18. The Morgan fingerprint density at radius 2 is 1.62 bits per heavy atom. The number of rotatable bonds is 3. The lowest BCUT2D eigenvalue weighted by molar-refractivity contribution is -0.292. The smallest absolute Gasteiger partial charge is 0.364 e. The Bertz CT molecular complexity index is 557. The standard InChI is InChI=1S/C9H7F8N3O/c1-2-20-4(6(18)21)3(8(12,13)14)5(19-20)7(10,11)9(15,16)17/h2H2,1H3,(H2,18,21). The van der Waals surface area contributed by atoms with E-state index in [4.69, 9.17) is 0 Å². The molecule has 12 heteroatoms. The fourth-order valence-corrected chi connectivity index (χ4v) is 1.56. The highest BCUT2D eigenvalue weighted by atomic mass is 19.4. The highest BCUT2D eigenvalue weighted by Gasteiger charge is 2.64. The molecule has 0 spiro atoms. The molecule has 0 radical (unpaired) electrons. The predicted octanol–water partition coefficient (Wildman–Crippen LogP) is 2.67. The Hall–Kier alpha value is -1.88. The second-order valence-corrected chi connectivity index (χ2v) is 3.82. The monoisotopic (exact) mass is 325 g/mol. The number of nitrogens with two attached hydrogens (primary N) is 1. The molecule has 0 atom stereocenters. The molecule has 0 aliphatic rings. The van der Waals surface area contributed by atoms with Crippen LogP contribution in [-0.4, -0.2) is 21.9 Å². The van der Waals surface area contributed by atoms with Gasteiger partial charge >= 0.3 is 18.3 Å². The van der Waals surface area contributed by atoms with Gasteiger partial charge in [-0.1, -0.05) is 0 Å². The first-order chi connectivity index (χ1) is 9.25. The molecule has 0 aliphatic heterocycles. The molecule has 1 aromatic heterocycles. The number of primary amides is 1. The molecule has 0 saturated carbocycles. The summed E-state index contributed by atoms with van der Waals surface area (Å²) in [4.78, 5) is 11.0. The summed E-state index contributed by atoms with van der Waals surface area (Å²) in [6.07, 6.45) is -12.0. The van der Waals surface area contributed by atoms with Crippen molar-refractivity contribution in [3.8, 4) is 0 Å². The first-order valence-electron chi connectivity index (χ1n) is 5.18. The molecule has 0 bridgehead atoms. The lowest BCUT2D eigenvalue weighted by Gasteiger charge is -2.19. The van der Waals surface area contributed by atoms with Gasteiger partial charge in [-0.15, -0.1) is 0 Å². The lowest BCUT2D eigenvalue weighted by atomic mass is 10.1. The Balaban J connectivity index is 3.80. The number of hydrogen-bond acceptors (Lipinski definition) is 2. The molecule has 1 rings (SSSR count). The summed E-state index contributed by atoms with van der Waals surface area (Å²) in [5.74, 6) is -7.71. The van der Waals surface area contributed by atoms with Gasteiger partial charge in [0.1, 0.15) is 11.3 Å². The van der Waals surface area contributed by atoms with E-state index in [1.165, 1.54) is 0 Å². The summed E-state index contributed by atoms with van der Waals surface area (Å²) in [5, 5.41) is 2.58. The van der Waals surface area contributed by atoms with Crippen LogP contribution in [0.5, 0.6) is 0 Å². The number of halogens is 8. The Kier molecular flexibility index (Phi) is 3.96. The van der Waals surface area contributed by atoms with Crippen molar-refractivity contribution >= 4 is 5.91 Å². The molecule has 0 aromatic carbocycles. The quantitative estimate of drug-likeness (QED) is 0.869. The van der Waals surface area contributed by atoms with E-state index < -0.39 is 47.7 Å². The Morgan fingerprint density at radius 1 is 1.14 bits per heavy atom. The van der Waals surface area contributed by atoms with Crippen LogP contribution in [0.25, 0.3) is 0 Å². The van der Waals surface area contributed by atoms with Crippen LogP contribution in [0.4, 0.5) is 35.1 Å². The van der Waals surface area contributed by atoms with Crippen molar-refractivity contribution in [2.75, 3.05) is 0 Å². The van der Waals surface area contributed by atoms with Crippen LogP contribution in [0.15, 0.2) is 0 Å². The average molecular weight is 325 g/mol. The fraction of sp³-hybridized carbons (Fsp3) is 0.556. The average Bonchev–Trinajstić information content (AvgIpc) is 2.66. The van der Waals surface area contributed by atoms with Crippen molar-refractivity contribution in [2.24, 2.45) is 5.73 Å². The maximum atomic E-state index is 13.2. The van der Waals surface area contributed by atoms with Gasteiger partial charge in [-0.05, 0) is 6.92 Å². The van der Waals surface area contributed by atoms with E-state index in [-0.39, 0.29) is 4.68 Å². The van der Waals surface area contributed by atoms with Gasteiger partial charge in [-0.3, -0.25) is 9.48 Å². The van der Waals surface area contributed by atoms with Crippen molar-refractivity contribution in [1.82, 2.24) is 9.78 Å². The third-order valence-corrected chi connectivity index (χ3v) is 2.42. The van der Waals surface area contributed by atoms with Gasteiger partial charge in [0, 0.05) is 6.54 Å². The minimum Gasteiger partial charge on any atom is -0.364 e. The third-order valence-electron chi connectivity index (χ3n) is 2.42. The van der Waals surface area contributed by atoms with E-state index in [1.807, 2.05) is 0 Å². The molecule has 4 nitrogen and oxygen atoms in total. The molecular weight excluding hydrogens is 318 g/mol. The summed E-state index contributed by atoms with van der Waals surface area (Å²) in [6.45, 7) is 0.532. The molecule has 2 N–H and O–H groups in total. The fourth-order valence-electron chi connectivity index (χ4n) is 1.56. The molecule has 0 unspecified atom stereocenters. The van der Waals surface area contributed by atoms with Crippen LogP contribution < -0.4 is 5.73 Å². The number of hydrogen-bond donors (Lipinski definition) is 1. The molecule has 0 fully saturated rings. The molecule has 120 valence electrons. The summed E-state index contributed by atoms with van der Waals surface area (Å²) in [6, 6.07) is 0. The highest BCUT2D eigenvalue weighted by Crippen LogP contribution is 2.48. The molecule has 21 heavy (non-hydrogen) atoms. The van der Waals surface area contributed by atoms with Crippen LogP contribution in [-0.2, 0) is 18.6 Å². The predicted molar refractivity (Wildman–Crippen MR) is 51.4 cm³/mol. The minimum atomic E-state index is -6.31. The number of alkyl halides is 8. The minimum absolute atomic E-state index is 0.0557. The van der Waals surface area contributed by atoms with Crippen molar-refractivity contribution in [2.45, 2.75) is 31.7 Å². The van der Waals surface area contributed by atoms with Gasteiger partial charge in [0.15, 0.2) is 5.69 Å². The van der Waals surface area contributed by atoms with E-state index >= 15 is 0 Å². The van der Waals surface area contributed by atoms with E-state index in [1.54, 1.807) is 0 Å². The number of aryl methyl sites for hydroxylation is 1. The van der Waals surface area contributed by atoms with Crippen LogP contribution in [0.3, 0.4) is 0 Å². The normalized spacial score (nSPS) is 13.6. The second kappa shape index (κ2) is 4.84. The number of amides is 1. The maximum absolute atomic E-state index is 13.2. The SMILES string of the molecule is CCn1nc(C(F)(F)C(F)(F)F)c(C(F)(F)F)c1C(N)=O. The molecule has 1 amide bonds. The van der Waals surface area contributed by atoms with E-state index in [9.17, 15) is 39.9 Å². The van der Waals surface area contributed by atoms with Gasteiger partial charge in [0.25, 0.3) is 5.91 Å². The largest absolute Gasteiger partial charge is 0.459 e. The zero-order valence-electron chi connectivity index (χ0n) is 10.1. The highest BCUT2D eigenvalue weighted by molar-refractivity contribution is 5.93. The Morgan fingerprint density at radius 3 is 1.90 bits per heavy atom.